The molecule has 1 aliphatic carbocycles. The fraction of sp³-hybridized carbons (Fsp3) is 0.471. The number of aromatic nitrogens is 1. The van der Waals surface area contributed by atoms with Gasteiger partial charge in [-0.2, -0.15) is 5.26 Å². The zero-order valence-corrected chi connectivity index (χ0v) is 14.2. The van der Waals surface area contributed by atoms with Gasteiger partial charge in [0.25, 0.3) is 0 Å². The minimum Gasteiger partial charge on any atom is -0.350 e. The third-order valence-corrected chi connectivity index (χ3v) is 6.19. The van der Waals surface area contributed by atoms with Crippen LogP contribution < -0.4 is 0 Å². The van der Waals surface area contributed by atoms with Gasteiger partial charge in [-0.05, 0) is 65.6 Å². The van der Waals surface area contributed by atoms with Crippen molar-refractivity contribution in [1.29, 1.82) is 5.26 Å². The number of piperidine rings is 1. The first kappa shape index (κ1) is 13.6. The number of fused-ring (bicyclic) bond motifs is 2. The minimum absolute atomic E-state index is 0.510. The molecule has 3 nitrogen and oxygen atoms in total. The number of nitriles is 1. The van der Waals surface area contributed by atoms with Gasteiger partial charge < -0.3 is 9.88 Å². The lowest BCUT2D eigenvalue weighted by molar-refractivity contribution is 0.113. The molecule has 2 aliphatic rings. The Morgan fingerprint density at radius 2 is 2.33 bits per heavy atom. The van der Waals surface area contributed by atoms with Crippen LogP contribution in [0, 0.1) is 20.9 Å². The summed E-state index contributed by atoms with van der Waals surface area (Å²) in [6, 6.07) is 9.61. The van der Waals surface area contributed by atoms with Crippen LogP contribution in [0.15, 0.2) is 18.2 Å². The summed E-state index contributed by atoms with van der Waals surface area (Å²) in [6.07, 6.45) is 2.97. The van der Waals surface area contributed by atoms with Gasteiger partial charge in [-0.25, -0.2) is 0 Å². The SMILES string of the molecule is CN1CC(CC#N)C[C@@H]2c3cccc4[nH]c(I)c(c34)C[C@H]21. The minimum atomic E-state index is 0.510. The summed E-state index contributed by atoms with van der Waals surface area (Å²) in [4.78, 5) is 6.02. The molecule has 4 rings (SSSR count). The van der Waals surface area contributed by atoms with Crippen molar-refractivity contribution >= 4 is 33.5 Å². The Balaban J connectivity index is 1.84. The molecule has 0 saturated carbocycles. The second kappa shape index (κ2) is 4.99. The highest BCUT2D eigenvalue weighted by Crippen LogP contribution is 2.45. The number of benzene rings is 1. The van der Waals surface area contributed by atoms with Crippen molar-refractivity contribution in [2.24, 2.45) is 5.92 Å². The van der Waals surface area contributed by atoms with Crippen LogP contribution in [-0.2, 0) is 6.42 Å². The van der Waals surface area contributed by atoms with Crippen LogP contribution in [0.3, 0.4) is 0 Å². The number of nitrogens with zero attached hydrogens (tertiary/aromatic N) is 2. The van der Waals surface area contributed by atoms with Crippen LogP contribution in [0.1, 0.15) is 29.9 Å². The number of H-pyrrole nitrogens is 1. The summed E-state index contributed by atoms with van der Waals surface area (Å²) in [7, 11) is 2.23. The van der Waals surface area contributed by atoms with Crippen LogP contribution in [0.4, 0.5) is 0 Å². The van der Waals surface area contributed by atoms with E-state index in [1.165, 1.54) is 25.7 Å². The first-order valence-electron chi connectivity index (χ1n) is 7.55. The standard InChI is InChI=1S/C17H18IN3/c1-21-9-10(5-6-19)7-12-11-3-2-4-14-16(11)13(8-15(12)21)17(18)20-14/h2-4,10,12,15,20H,5,7-9H2,1H3/t10?,12-,15-/m1/s1. The molecule has 0 spiro atoms. The average Bonchev–Trinajstić information content (AvgIpc) is 2.78. The Morgan fingerprint density at radius 3 is 3.14 bits per heavy atom. The Hall–Kier alpha value is -1.06. The molecule has 1 fully saturated rings. The molecule has 0 radical (unpaired) electrons. The van der Waals surface area contributed by atoms with Crippen molar-refractivity contribution in [3.63, 3.8) is 0 Å². The monoisotopic (exact) mass is 391 g/mol. The number of nitrogens with one attached hydrogen (secondary N) is 1. The third-order valence-electron chi connectivity index (χ3n) is 5.26. The number of hydrogen-bond donors (Lipinski definition) is 1. The lowest BCUT2D eigenvalue weighted by atomic mass is 9.72. The number of halogens is 1. The van der Waals surface area contributed by atoms with Crippen molar-refractivity contribution in [2.75, 3.05) is 13.6 Å². The first-order valence-corrected chi connectivity index (χ1v) is 8.63. The van der Waals surface area contributed by atoms with E-state index in [0.717, 1.165) is 19.4 Å². The third kappa shape index (κ3) is 2.01. The first-order chi connectivity index (χ1) is 10.2. The van der Waals surface area contributed by atoms with Gasteiger partial charge in [0.2, 0.25) is 0 Å². The average molecular weight is 391 g/mol. The lowest BCUT2D eigenvalue weighted by Crippen LogP contribution is -2.47. The van der Waals surface area contributed by atoms with E-state index in [2.05, 4.69) is 63.8 Å². The fourth-order valence-electron chi connectivity index (χ4n) is 4.37. The molecule has 0 amide bonds. The van der Waals surface area contributed by atoms with Crippen molar-refractivity contribution in [3.8, 4) is 6.07 Å². The lowest BCUT2D eigenvalue weighted by Gasteiger charge is -2.45. The zero-order chi connectivity index (χ0) is 14.6. The molecule has 1 aromatic carbocycles. The highest BCUT2D eigenvalue weighted by atomic mass is 127. The van der Waals surface area contributed by atoms with Crippen LogP contribution in [0.5, 0.6) is 0 Å². The number of likely N-dealkylation sites (tertiary alicyclic amines) is 1. The maximum atomic E-state index is 9.04. The summed E-state index contributed by atoms with van der Waals surface area (Å²) in [5, 5.41) is 10.5. The Labute approximate surface area is 138 Å². The smallest absolute Gasteiger partial charge is 0.0815 e. The predicted octanol–water partition coefficient (Wildman–Crippen LogP) is 3.65. The second-order valence-electron chi connectivity index (χ2n) is 6.47. The summed E-state index contributed by atoms with van der Waals surface area (Å²) in [5.74, 6) is 1.08. The van der Waals surface area contributed by atoms with E-state index in [0.29, 0.717) is 24.3 Å². The van der Waals surface area contributed by atoms with E-state index >= 15 is 0 Å². The van der Waals surface area contributed by atoms with Crippen LogP contribution in [0.25, 0.3) is 10.9 Å². The molecule has 21 heavy (non-hydrogen) atoms. The van der Waals surface area contributed by atoms with E-state index in [-0.39, 0.29) is 0 Å². The number of likely N-dealkylation sites (N-methyl/N-ethyl adjacent to an activating group) is 1. The largest absolute Gasteiger partial charge is 0.350 e. The topological polar surface area (TPSA) is 42.8 Å². The molecule has 3 atom stereocenters. The molecule has 1 aromatic heterocycles. The molecule has 2 aromatic rings. The van der Waals surface area contributed by atoms with Crippen molar-refractivity contribution in [1.82, 2.24) is 9.88 Å². The molecule has 1 saturated heterocycles. The van der Waals surface area contributed by atoms with E-state index in [1.807, 2.05) is 0 Å². The maximum absolute atomic E-state index is 9.04. The van der Waals surface area contributed by atoms with Gasteiger partial charge >= 0.3 is 0 Å². The molecule has 2 heterocycles. The van der Waals surface area contributed by atoms with E-state index in [4.69, 9.17) is 5.26 Å². The molecular weight excluding hydrogens is 373 g/mol. The van der Waals surface area contributed by atoms with Gasteiger partial charge in [-0.15, -0.1) is 0 Å². The van der Waals surface area contributed by atoms with Crippen LogP contribution in [-0.4, -0.2) is 29.5 Å². The quantitative estimate of drug-likeness (QED) is 0.755. The van der Waals surface area contributed by atoms with Gasteiger partial charge in [-0.1, -0.05) is 12.1 Å². The predicted molar refractivity (Wildman–Crippen MR) is 92.2 cm³/mol. The van der Waals surface area contributed by atoms with Crippen LogP contribution in [0.2, 0.25) is 0 Å². The molecule has 0 bridgehead atoms. The number of rotatable bonds is 1. The second-order valence-corrected chi connectivity index (χ2v) is 7.55. The summed E-state index contributed by atoms with van der Waals surface area (Å²) >= 11 is 2.43. The molecule has 1 unspecified atom stereocenters. The van der Waals surface area contributed by atoms with E-state index in [9.17, 15) is 0 Å². The van der Waals surface area contributed by atoms with Crippen molar-refractivity contribution in [2.45, 2.75) is 31.2 Å². The fourth-order valence-corrected chi connectivity index (χ4v) is 5.15. The Kier molecular flexibility index (Phi) is 3.23. The van der Waals surface area contributed by atoms with Gasteiger partial charge in [0.05, 0.1) is 9.77 Å². The maximum Gasteiger partial charge on any atom is 0.0815 e. The van der Waals surface area contributed by atoms with E-state index < -0.39 is 0 Å². The molecule has 4 heteroatoms. The van der Waals surface area contributed by atoms with Crippen molar-refractivity contribution in [3.05, 3.63) is 33.0 Å². The Bertz CT molecular complexity index is 742. The number of aromatic amines is 1. The number of hydrogen-bond acceptors (Lipinski definition) is 2. The van der Waals surface area contributed by atoms with Gasteiger partial charge in [0, 0.05) is 35.8 Å². The molecular formula is C17H18IN3. The van der Waals surface area contributed by atoms with Gasteiger partial charge in [0.15, 0.2) is 0 Å². The molecule has 1 aliphatic heterocycles. The highest BCUT2D eigenvalue weighted by molar-refractivity contribution is 14.1. The molecule has 108 valence electrons. The van der Waals surface area contributed by atoms with E-state index in [1.54, 1.807) is 0 Å². The van der Waals surface area contributed by atoms with Crippen LogP contribution >= 0.6 is 22.6 Å². The Morgan fingerprint density at radius 1 is 1.48 bits per heavy atom. The summed E-state index contributed by atoms with van der Waals surface area (Å²) < 4.78 is 1.29. The normalized spacial score (nSPS) is 28.3. The van der Waals surface area contributed by atoms with Crippen molar-refractivity contribution < 1.29 is 0 Å². The highest BCUT2D eigenvalue weighted by Gasteiger charge is 2.39. The summed E-state index contributed by atoms with van der Waals surface area (Å²) in [6.45, 7) is 1.06. The van der Waals surface area contributed by atoms with Gasteiger partial charge in [-0.3, -0.25) is 0 Å². The van der Waals surface area contributed by atoms with Gasteiger partial charge in [0.1, 0.15) is 0 Å². The summed E-state index contributed by atoms with van der Waals surface area (Å²) in [5.41, 5.74) is 4.26. The molecule has 1 N–H and O–H groups in total. The zero-order valence-electron chi connectivity index (χ0n) is 12.1.